The second-order valence-corrected chi connectivity index (χ2v) is 9.28. The highest BCUT2D eigenvalue weighted by atomic mass is 16.5. The Labute approximate surface area is 196 Å². The predicted molar refractivity (Wildman–Crippen MR) is 133 cm³/mol. The Kier molecular flexibility index (Phi) is 6.56. The minimum atomic E-state index is -0.302. The van der Waals surface area contributed by atoms with Gasteiger partial charge in [-0.3, -0.25) is 4.98 Å². The average Bonchev–Trinajstić information content (AvgIpc) is 3.22. The van der Waals surface area contributed by atoms with Gasteiger partial charge in [-0.2, -0.15) is 0 Å². The molecule has 6 heteroatoms. The van der Waals surface area contributed by atoms with E-state index in [1.54, 1.807) is 0 Å². The Morgan fingerprint density at radius 2 is 1.88 bits per heavy atom. The highest BCUT2D eigenvalue weighted by Gasteiger charge is 2.24. The number of piperazine rings is 1. The smallest absolute Gasteiger partial charge is 0.338 e. The van der Waals surface area contributed by atoms with E-state index in [4.69, 9.17) is 4.74 Å². The Morgan fingerprint density at radius 1 is 1.15 bits per heavy atom. The van der Waals surface area contributed by atoms with Crippen molar-refractivity contribution in [3.63, 3.8) is 0 Å². The van der Waals surface area contributed by atoms with Crippen LogP contribution in [0.5, 0.6) is 0 Å². The third-order valence-corrected chi connectivity index (χ3v) is 6.23. The molecule has 4 heterocycles. The quantitative estimate of drug-likeness (QED) is 0.547. The lowest BCUT2D eigenvalue weighted by Gasteiger charge is -2.32. The van der Waals surface area contributed by atoms with E-state index in [2.05, 4.69) is 58.4 Å². The predicted octanol–water partition coefficient (Wildman–Crippen LogP) is 4.87. The lowest BCUT2D eigenvalue weighted by molar-refractivity contribution is 0.0377. The van der Waals surface area contributed by atoms with Crippen LogP contribution in [0.25, 0.3) is 22.3 Å². The summed E-state index contributed by atoms with van der Waals surface area (Å²) in [5.41, 5.74) is 7.51. The average molecular weight is 447 g/mol. The van der Waals surface area contributed by atoms with E-state index in [9.17, 15) is 4.79 Å². The van der Waals surface area contributed by atoms with Crippen LogP contribution in [0.2, 0.25) is 0 Å². The van der Waals surface area contributed by atoms with Crippen molar-refractivity contribution in [3.05, 3.63) is 65.8 Å². The number of carbonyl (C=O) groups is 1. The van der Waals surface area contributed by atoms with Crippen molar-refractivity contribution in [2.75, 3.05) is 26.2 Å². The number of hydrogen-bond acceptors (Lipinski definition) is 5. The molecule has 0 amide bonds. The van der Waals surface area contributed by atoms with Gasteiger partial charge in [0.25, 0.3) is 0 Å². The minimum Gasteiger partial charge on any atom is -0.459 e. The summed E-state index contributed by atoms with van der Waals surface area (Å²) in [4.78, 5) is 19.9. The van der Waals surface area contributed by atoms with Gasteiger partial charge in [0.2, 0.25) is 0 Å². The number of ether oxygens (including phenoxy) is 1. The fourth-order valence-corrected chi connectivity index (χ4v) is 4.45. The van der Waals surface area contributed by atoms with Crippen LogP contribution in [-0.4, -0.2) is 52.5 Å². The third-order valence-electron chi connectivity index (χ3n) is 6.23. The maximum absolute atomic E-state index is 13.1. The fourth-order valence-electron chi connectivity index (χ4n) is 4.45. The number of aromatic nitrogens is 2. The molecular formula is C27H34N4O2. The molecule has 0 spiro atoms. The molecule has 0 aliphatic carbocycles. The van der Waals surface area contributed by atoms with E-state index in [1.165, 1.54) is 0 Å². The van der Waals surface area contributed by atoms with E-state index in [0.29, 0.717) is 11.5 Å². The first-order valence-corrected chi connectivity index (χ1v) is 11.7. The van der Waals surface area contributed by atoms with Gasteiger partial charge < -0.3 is 19.4 Å². The van der Waals surface area contributed by atoms with Crippen LogP contribution < -0.4 is 5.32 Å². The first-order valence-electron chi connectivity index (χ1n) is 11.7. The third kappa shape index (κ3) is 4.53. The molecule has 0 atom stereocenters. The number of hydrogen-bond donors (Lipinski definition) is 1. The molecule has 1 fully saturated rings. The summed E-state index contributed by atoms with van der Waals surface area (Å²) in [6.45, 7) is 18.1. The topological polar surface area (TPSA) is 58.9 Å². The van der Waals surface area contributed by atoms with Crippen LogP contribution in [0.3, 0.4) is 0 Å². The highest BCUT2D eigenvalue weighted by molar-refractivity contribution is 5.96. The van der Waals surface area contributed by atoms with E-state index in [1.807, 2.05) is 39.1 Å². The van der Waals surface area contributed by atoms with Gasteiger partial charge in [0.05, 0.1) is 28.6 Å². The van der Waals surface area contributed by atoms with Crippen LogP contribution in [0.1, 0.15) is 60.9 Å². The number of pyridine rings is 2. The monoisotopic (exact) mass is 446 g/mol. The highest BCUT2D eigenvalue weighted by Crippen LogP contribution is 2.34. The number of carbonyl (C=O) groups excluding carboxylic acids is 1. The van der Waals surface area contributed by atoms with Crippen LogP contribution >= 0.6 is 0 Å². The zero-order chi connectivity index (χ0) is 23.7. The second-order valence-electron chi connectivity index (χ2n) is 9.28. The molecule has 1 saturated heterocycles. The van der Waals surface area contributed by atoms with Gasteiger partial charge in [-0.05, 0) is 62.1 Å². The normalized spacial score (nSPS) is 14.3. The van der Waals surface area contributed by atoms with Gasteiger partial charge in [0, 0.05) is 49.8 Å². The SMILES string of the molecule is C=C(c1c(C)c(C(=O)OC(C)C)cc2c(-c3ccnc(C(C)C)c3)ccn12)N1CCNCC1. The largest absolute Gasteiger partial charge is 0.459 e. The summed E-state index contributed by atoms with van der Waals surface area (Å²) in [5, 5.41) is 3.39. The van der Waals surface area contributed by atoms with Crippen LogP contribution in [0.15, 0.2) is 43.2 Å². The molecular weight excluding hydrogens is 412 g/mol. The molecule has 0 radical (unpaired) electrons. The maximum atomic E-state index is 13.1. The Balaban J connectivity index is 1.92. The molecule has 1 N–H and O–H groups in total. The van der Waals surface area contributed by atoms with Gasteiger partial charge in [-0.1, -0.05) is 20.4 Å². The number of nitrogens with zero attached hydrogens (tertiary/aromatic N) is 3. The molecule has 0 unspecified atom stereocenters. The molecule has 1 aliphatic rings. The van der Waals surface area contributed by atoms with Crippen molar-refractivity contribution >= 4 is 17.2 Å². The van der Waals surface area contributed by atoms with Crippen molar-refractivity contribution in [3.8, 4) is 11.1 Å². The summed E-state index contributed by atoms with van der Waals surface area (Å²) in [6, 6.07) is 8.23. The van der Waals surface area contributed by atoms with Gasteiger partial charge in [-0.25, -0.2) is 4.79 Å². The Morgan fingerprint density at radius 3 is 2.55 bits per heavy atom. The summed E-state index contributed by atoms with van der Waals surface area (Å²) >= 11 is 0. The van der Waals surface area contributed by atoms with Crippen LogP contribution in [0.4, 0.5) is 0 Å². The molecule has 3 aromatic rings. The van der Waals surface area contributed by atoms with Crippen molar-refractivity contribution in [2.24, 2.45) is 0 Å². The number of fused-ring (bicyclic) bond motifs is 1. The van der Waals surface area contributed by atoms with E-state index in [0.717, 1.165) is 65.5 Å². The lowest BCUT2D eigenvalue weighted by Crippen LogP contribution is -2.42. The molecule has 0 aromatic carbocycles. The van der Waals surface area contributed by atoms with Crippen molar-refractivity contribution in [2.45, 2.75) is 46.6 Å². The molecule has 4 rings (SSSR count). The van der Waals surface area contributed by atoms with E-state index < -0.39 is 0 Å². The Bertz CT molecular complexity index is 1190. The molecule has 3 aromatic heterocycles. The van der Waals surface area contributed by atoms with Crippen LogP contribution in [-0.2, 0) is 4.74 Å². The van der Waals surface area contributed by atoms with Crippen molar-refractivity contribution < 1.29 is 9.53 Å². The number of esters is 1. The molecule has 6 nitrogen and oxygen atoms in total. The zero-order valence-electron chi connectivity index (χ0n) is 20.3. The number of rotatable bonds is 6. The Hall–Kier alpha value is -3.12. The summed E-state index contributed by atoms with van der Waals surface area (Å²) in [6.07, 6.45) is 3.75. The first kappa shape index (κ1) is 23.1. The summed E-state index contributed by atoms with van der Waals surface area (Å²) < 4.78 is 7.77. The molecule has 0 saturated carbocycles. The molecule has 33 heavy (non-hydrogen) atoms. The molecule has 1 aliphatic heterocycles. The van der Waals surface area contributed by atoms with Crippen molar-refractivity contribution in [1.82, 2.24) is 19.6 Å². The van der Waals surface area contributed by atoms with Gasteiger partial charge in [-0.15, -0.1) is 0 Å². The van der Waals surface area contributed by atoms with Crippen molar-refractivity contribution in [1.29, 1.82) is 0 Å². The fraction of sp³-hybridized carbons (Fsp3) is 0.407. The lowest BCUT2D eigenvalue weighted by atomic mass is 10.00. The second kappa shape index (κ2) is 9.40. The van der Waals surface area contributed by atoms with Gasteiger partial charge >= 0.3 is 5.97 Å². The van der Waals surface area contributed by atoms with E-state index in [-0.39, 0.29) is 12.1 Å². The standard InChI is InChI=1S/C27H34N4O2/c1-17(2)24-15-21(7-9-29-24)22-8-12-31-25(22)16-23(27(32)33-18(3)4)19(5)26(31)20(6)30-13-10-28-11-14-30/h7-9,12,15-18,28H,6,10-11,13-14H2,1-5H3. The zero-order valence-corrected chi connectivity index (χ0v) is 20.3. The molecule has 174 valence electrons. The minimum absolute atomic E-state index is 0.187. The maximum Gasteiger partial charge on any atom is 0.338 e. The van der Waals surface area contributed by atoms with E-state index >= 15 is 0 Å². The van der Waals surface area contributed by atoms with Gasteiger partial charge in [0.1, 0.15) is 0 Å². The number of nitrogens with one attached hydrogen (secondary N) is 1. The first-order chi connectivity index (χ1) is 15.8. The molecule has 0 bridgehead atoms. The summed E-state index contributed by atoms with van der Waals surface area (Å²) in [5.74, 6) is 0.0322. The summed E-state index contributed by atoms with van der Waals surface area (Å²) in [7, 11) is 0. The van der Waals surface area contributed by atoms with Crippen LogP contribution in [0, 0.1) is 6.92 Å². The van der Waals surface area contributed by atoms with Gasteiger partial charge in [0.15, 0.2) is 0 Å².